The number of carbonyl (C=O) groups excluding carboxylic acids is 2. The molecule has 0 aromatic heterocycles. The number of carbonyl (C=O) groups is 2. The third kappa shape index (κ3) is 4.38. The fourth-order valence-electron chi connectivity index (χ4n) is 2.39. The van der Waals surface area contributed by atoms with Crippen molar-refractivity contribution in [2.24, 2.45) is 0 Å². The van der Waals surface area contributed by atoms with E-state index in [1.54, 1.807) is 12.1 Å². The molecule has 2 amide bonds. The van der Waals surface area contributed by atoms with Gasteiger partial charge in [-0.3, -0.25) is 9.59 Å². The van der Waals surface area contributed by atoms with Crippen molar-refractivity contribution >= 4 is 17.9 Å². The van der Waals surface area contributed by atoms with E-state index in [4.69, 9.17) is 9.47 Å². The largest absolute Gasteiger partial charge is 0.454 e. The second-order valence-electron chi connectivity index (χ2n) is 5.52. The Morgan fingerprint density at radius 3 is 2.60 bits per heavy atom. The molecule has 128 valence electrons. The maximum absolute atomic E-state index is 12.4. The van der Waals surface area contributed by atoms with Gasteiger partial charge in [0, 0.05) is 13.5 Å². The predicted molar refractivity (Wildman–Crippen MR) is 92.6 cm³/mol. The molecule has 1 heterocycles. The molecular formula is C19H18N2O4. The first-order valence-electron chi connectivity index (χ1n) is 7.83. The third-order valence-electron chi connectivity index (χ3n) is 3.56. The predicted octanol–water partition coefficient (Wildman–Crippen LogP) is 2.21. The highest BCUT2D eigenvalue weighted by molar-refractivity contribution is 6.00. The first-order valence-corrected chi connectivity index (χ1v) is 7.83. The van der Waals surface area contributed by atoms with Crippen LogP contribution in [-0.4, -0.2) is 18.6 Å². The first-order chi connectivity index (χ1) is 12.1. The topological polar surface area (TPSA) is 76.7 Å². The van der Waals surface area contributed by atoms with E-state index >= 15 is 0 Å². The van der Waals surface area contributed by atoms with Gasteiger partial charge in [-0.2, -0.15) is 0 Å². The molecule has 2 N–H and O–H groups in total. The van der Waals surface area contributed by atoms with Crippen molar-refractivity contribution in [2.75, 3.05) is 6.79 Å². The lowest BCUT2D eigenvalue weighted by Crippen LogP contribution is -2.33. The summed E-state index contributed by atoms with van der Waals surface area (Å²) in [5.41, 5.74) is 1.89. The van der Waals surface area contributed by atoms with Gasteiger partial charge in [0.1, 0.15) is 5.70 Å². The lowest BCUT2D eigenvalue weighted by molar-refractivity contribution is -0.122. The minimum absolute atomic E-state index is 0.194. The monoisotopic (exact) mass is 338 g/mol. The van der Waals surface area contributed by atoms with Crippen molar-refractivity contribution in [3.63, 3.8) is 0 Å². The second kappa shape index (κ2) is 7.53. The Kier molecular flexibility index (Phi) is 4.99. The molecule has 1 aliphatic rings. The number of ether oxygens (including phenoxy) is 2. The molecule has 6 heteroatoms. The summed E-state index contributed by atoms with van der Waals surface area (Å²) in [6, 6.07) is 14.8. The van der Waals surface area contributed by atoms with Crippen molar-refractivity contribution in [3.8, 4) is 11.5 Å². The third-order valence-corrected chi connectivity index (χ3v) is 3.56. The molecule has 0 spiro atoms. The van der Waals surface area contributed by atoms with E-state index < -0.39 is 0 Å². The van der Waals surface area contributed by atoms with Gasteiger partial charge >= 0.3 is 0 Å². The van der Waals surface area contributed by atoms with Gasteiger partial charge in [0.25, 0.3) is 5.91 Å². The molecule has 25 heavy (non-hydrogen) atoms. The van der Waals surface area contributed by atoms with Crippen molar-refractivity contribution in [1.82, 2.24) is 10.6 Å². The van der Waals surface area contributed by atoms with E-state index in [0.29, 0.717) is 18.0 Å². The number of nitrogens with one attached hydrogen (secondary N) is 2. The molecule has 3 rings (SSSR count). The summed E-state index contributed by atoms with van der Waals surface area (Å²) in [6.45, 7) is 1.88. The van der Waals surface area contributed by atoms with Crippen LogP contribution in [-0.2, 0) is 16.1 Å². The van der Waals surface area contributed by atoms with Crippen LogP contribution in [0, 0.1) is 0 Å². The highest BCUT2D eigenvalue weighted by Gasteiger charge is 2.15. The highest BCUT2D eigenvalue weighted by atomic mass is 16.7. The molecule has 0 radical (unpaired) electrons. The Bertz CT molecular complexity index is 815. The Morgan fingerprint density at radius 2 is 1.84 bits per heavy atom. The van der Waals surface area contributed by atoms with E-state index in [9.17, 15) is 9.59 Å². The van der Waals surface area contributed by atoms with Crippen LogP contribution in [0.25, 0.3) is 6.08 Å². The number of hydrogen-bond donors (Lipinski definition) is 2. The minimum atomic E-state index is -0.364. The molecule has 0 unspecified atom stereocenters. The maximum atomic E-state index is 12.4. The van der Waals surface area contributed by atoms with Crippen LogP contribution in [0.15, 0.2) is 54.2 Å². The zero-order chi connectivity index (χ0) is 17.6. The summed E-state index contributed by atoms with van der Waals surface area (Å²) in [4.78, 5) is 23.8. The zero-order valence-corrected chi connectivity index (χ0v) is 13.7. The smallest absolute Gasteiger partial charge is 0.268 e. The molecule has 2 aromatic rings. The maximum Gasteiger partial charge on any atom is 0.268 e. The molecule has 0 saturated carbocycles. The summed E-state index contributed by atoms with van der Waals surface area (Å²) in [7, 11) is 0. The molecular weight excluding hydrogens is 320 g/mol. The van der Waals surface area contributed by atoms with Gasteiger partial charge in [0.2, 0.25) is 12.7 Å². The Morgan fingerprint density at radius 1 is 1.08 bits per heavy atom. The summed E-state index contributed by atoms with van der Waals surface area (Å²) in [5.74, 6) is 0.684. The lowest BCUT2D eigenvalue weighted by atomic mass is 10.1. The Hall–Kier alpha value is -3.28. The average Bonchev–Trinajstić information content (AvgIpc) is 3.07. The van der Waals surface area contributed by atoms with E-state index in [1.807, 2.05) is 42.5 Å². The van der Waals surface area contributed by atoms with Crippen molar-refractivity contribution in [2.45, 2.75) is 13.5 Å². The Labute approximate surface area is 145 Å². The fraction of sp³-hybridized carbons (Fsp3) is 0.158. The van der Waals surface area contributed by atoms with E-state index in [2.05, 4.69) is 10.6 Å². The molecule has 1 aliphatic heterocycles. The van der Waals surface area contributed by atoms with Crippen LogP contribution in [0.4, 0.5) is 0 Å². The van der Waals surface area contributed by atoms with Gasteiger partial charge in [0.05, 0.1) is 0 Å². The second-order valence-corrected chi connectivity index (χ2v) is 5.52. The summed E-state index contributed by atoms with van der Waals surface area (Å²) in [6.07, 6.45) is 1.64. The molecule has 6 nitrogen and oxygen atoms in total. The molecule has 0 fully saturated rings. The number of benzene rings is 2. The SMILES string of the molecule is CC(=O)N/C(=C/c1ccccc1)C(=O)NCc1ccc2c(c1)OCO2. The standard InChI is InChI=1S/C19H18N2O4/c1-13(22)21-16(9-14-5-3-2-4-6-14)19(23)20-11-15-7-8-17-18(10-15)25-12-24-17/h2-10H,11-12H2,1H3,(H,20,23)(H,21,22)/b16-9+. The Balaban J connectivity index is 1.70. The van der Waals surface area contributed by atoms with Crippen LogP contribution >= 0.6 is 0 Å². The van der Waals surface area contributed by atoms with Gasteiger partial charge in [-0.05, 0) is 29.3 Å². The van der Waals surface area contributed by atoms with Crippen LogP contribution in [0.5, 0.6) is 11.5 Å². The summed E-state index contributed by atoms with van der Waals surface area (Å²) in [5, 5.41) is 5.37. The average molecular weight is 338 g/mol. The van der Waals surface area contributed by atoms with Crippen LogP contribution < -0.4 is 20.1 Å². The summed E-state index contributed by atoms with van der Waals surface area (Å²) < 4.78 is 10.6. The molecule has 0 aliphatic carbocycles. The van der Waals surface area contributed by atoms with Gasteiger partial charge in [0.15, 0.2) is 11.5 Å². The normalized spacial score (nSPS) is 12.6. The van der Waals surface area contributed by atoms with Crippen LogP contribution in [0.3, 0.4) is 0 Å². The van der Waals surface area contributed by atoms with Crippen molar-refractivity contribution in [3.05, 3.63) is 65.4 Å². The summed E-state index contributed by atoms with van der Waals surface area (Å²) >= 11 is 0. The van der Waals surface area contributed by atoms with Crippen LogP contribution in [0.1, 0.15) is 18.1 Å². The lowest BCUT2D eigenvalue weighted by Gasteiger charge is -2.10. The van der Waals surface area contributed by atoms with Crippen LogP contribution in [0.2, 0.25) is 0 Å². The van der Waals surface area contributed by atoms with E-state index in [0.717, 1.165) is 11.1 Å². The van der Waals surface area contributed by atoms with Gasteiger partial charge in [-0.1, -0.05) is 36.4 Å². The van der Waals surface area contributed by atoms with E-state index in [-0.39, 0.29) is 24.3 Å². The molecule has 0 saturated heterocycles. The molecule has 2 aromatic carbocycles. The number of fused-ring (bicyclic) bond motifs is 1. The number of rotatable bonds is 5. The molecule has 0 bridgehead atoms. The quantitative estimate of drug-likeness (QED) is 0.820. The van der Waals surface area contributed by atoms with Gasteiger partial charge < -0.3 is 20.1 Å². The van der Waals surface area contributed by atoms with Gasteiger partial charge in [-0.25, -0.2) is 0 Å². The number of hydrogen-bond acceptors (Lipinski definition) is 4. The van der Waals surface area contributed by atoms with Crippen molar-refractivity contribution in [1.29, 1.82) is 0 Å². The number of amides is 2. The van der Waals surface area contributed by atoms with Gasteiger partial charge in [-0.15, -0.1) is 0 Å². The minimum Gasteiger partial charge on any atom is -0.454 e. The zero-order valence-electron chi connectivity index (χ0n) is 13.7. The molecule has 0 atom stereocenters. The van der Waals surface area contributed by atoms with E-state index in [1.165, 1.54) is 6.92 Å². The first kappa shape index (κ1) is 16.6. The van der Waals surface area contributed by atoms with Crippen molar-refractivity contribution < 1.29 is 19.1 Å². The fourth-order valence-corrected chi connectivity index (χ4v) is 2.39. The highest BCUT2D eigenvalue weighted by Crippen LogP contribution is 2.32.